The summed E-state index contributed by atoms with van der Waals surface area (Å²) in [5.41, 5.74) is 0. The molecule has 0 N–H and O–H groups in total. The van der Waals surface area contributed by atoms with Crippen molar-refractivity contribution < 1.29 is 4.79 Å². The lowest BCUT2D eigenvalue weighted by molar-refractivity contribution is -0.119. The van der Waals surface area contributed by atoms with Crippen LogP contribution in [0.5, 0.6) is 0 Å². The van der Waals surface area contributed by atoms with Crippen LogP contribution in [0.3, 0.4) is 0 Å². The van der Waals surface area contributed by atoms with Crippen molar-refractivity contribution in [2.45, 2.75) is 55.5 Å². The lowest BCUT2D eigenvalue weighted by Gasteiger charge is -2.30. The minimum absolute atomic E-state index is 0.0997. The van der Waals surface area contributed by atoms with Crippen LogP contribution in [0.15, 0.2) is 17.4 Å². The molecule has 0 aromatic carbocycles. The summed E-state index contributed by atoms with van der Waals surface area (Å²) in [5.74, 6) is 1.95. The highest BCUT2D eigenvalue weighted by Gasteiger charge is 2.33. The number of carbonyl (C=O) groups is 1. The summed E-state index contributed by atoms with van der Waals surface area (Å²) < 4.78 is 3.95. The van der Waals surface area contributed by atoms with Crippen molar-refractivity contribution in [3.8, 4) is 0 Å². The van der Waals surface area contributed by atoms with E-state index in [1.54, 1.807) is 21.3 Å². The van der Waals surface area contributed by atoms with E-state index >= 15 is 0 Å². The van der Waals surface area contributed by atoms with Gasteiger partial charge < -0.3 is 4.57 Å². The number of hydrogen-bond acceptors (Lipinski definition) is 5. The van der Waals surface area contributed by atoms with E-state index in [0.29, 0.717) is 0 Å². The van der Waals surface area contributed by atoms with Crippen molar-refractivity contribution >= 4 is 23.5 Å². The number of amides is 1. The fraction of sp³-hybridized carbons (Fsp3) is 0.625. The zero-order chi connectivity index (χ0) is 16.5. The highest BCUT2D eigenvalue weighted by atomic mass is 32.2. The minimum Gasteiger partial charge on any atom is -0.306 e. The molecular formula is C16H22N6OS. The van der Waals surface area contributed by atoms with Crippen molar-refractivity contribution in [2.75, 3.05) is 11.4 Å². The molecule has 1 fully saturated rings. The van der Waals surface area contributed by atoms with E-state index in [-0.39, 0.29) is 11.2 Å². The van der Waals surface area contributed by atoms with Crippen LogP contribution < -0.4 is 4.90 Å². The summed E-state index contributed by atoms with van der Waals surface area (Å²) in [5, 5.41) is 13.9. The second-order valence-electron chi connectivity index (χ2n) is 6.45. The maximum atomic E-state index is 12.9. The number of aryl methyl sites for hydroxylation is 2. The molecule has 1 saturated heterocycles. The number of carbonyl (C=O) groups excluding carboxylic acids is 1. The molecule has 0 radical (unpaired) electrons. The molecule has 2 aromatic rings. The van der Waals surface area contributed by atoms with Crippen LogP contribution >= 0.6 is 11.8 Å². The predicted octanol–water partition coefficient (Wildman–Crippen LogP) is 2.03. The summed E-state index contributed by atoms with van der Waals surface area (Å²) in [7, 11) is 1.87. The Morgan fingerprint density at radius 2 is 2.08 bits per heavy atom. The van der Waals surface area contributed by atoms with E-state index in [9.17, 15) is 4.79 Å². The van der Waals surface area contributed by atoms with Gasteiger partial charge in [0.25, 0.3) is 0 Å². The van der Waals surface area contributed by atoms with Crippen LogP contribution in [-0.2, 0) is 24.8 Å². The topological polar surface area (TPSA) is 68.8 Å². The predicted molar refractivity (Wildman–Crippen MR) is 92.0 cm³/mol. The van der Waals surface area contributed by atoms with E-state index in [1.807, 2.05) is 19.3 Å². The second-order valence-corrected chi connectivity index (χ2v) is 7.62. The van der Waals surface area contributed by atoms with Gasteiger partial charge in [-0.1, -0.05) is 18.2 Å². The van der Waals surface area contributed by atoms with Crippen LogP contribution in [0, 0.1) is 0 Å². The molecule has 0 bridgehead atoms. The molecule has 1 atom stereocenters. The molecule has 2 aromatic heterocycles. The Bertz CT molecular complexity index is 739. The third-order valence-corrected chi connectivity index (χ3v) is 5.92. The Morgan fingerprint density at radius 3 is 2.92 bits per heavy atom. The lowest BCUT2D eigenvalue weighted by Crippen LogP contribution is -2.43. The van der Waals surface area contributed by atoms with E-state index in [0.717, 1.165) is 55.6 Å². The fourth-order valence-electron chi connectivity index (χ4n) is 3.40. The average Bonchev–Trinajstić information content (AvgIpc) is 3.09. The maximum absolute atomic E-state index is 12.9. The number of thioether (sulfide) groups is 1. The highest BCUT2D eigenvalue weighted by Crippen LogP contribution is 2.32. The van der Waals surface area contributed by atoms with E-state index in [2.05, 4.69) is 19.9 Å². The van der Waals surface area contributed by atoms with Crippen LogP contribution in [0.4, 0.5) is 5.82 Å². The lowest BCUT2D eigenvalue weighted by atomic mass is 10.1. The molecule has 0 aliphatic carbocycles. The number of nitrogens with zero attached hydrogens (tertiary/aromatic N) is 6. The van der Waals surface area contributed by atoms with Gasteiger partial charge in [0.2, 0.25) is 5.91 Å². The molecular weight excluding hydrogens is 324 g/mol. The first kappa shape index (κ1) is 15.7. The van der Waals surface area contributed by atoms with Gasteiger partial charge in [-0.05, 0) is 25.7 Å². The van der Waals surface area contributed by atoms with E-state index in [1.165, 1.54) is 12.8 Å². The van der Waals surface area contributed by atoms with Crippen molar-refractivity contribution in [1.29, 1.82) is 0 Å². The zero-order valence-corrected chi connectivity index (χ0v) is 14.7. The van der Waals surface area contributed by atoms with Gasteiger partial charge in [0.1, 0.15) is 5.82 Å². The Balaban J connectivity index is 1.52. The molecule has 2 aliphatic heterocycles. The molecule has 8 heteroatoms. The third-order valence-electron chi connectivity index (χ3n) is 4.69. The SMILES string of the molecule is Cn1ccc(N2CCC[C@@H](Sc3nnc4n3CCCCC4)C2=O)n1. The smallest absolute Gasteiger partial charge is 0.241 e. The van der Waals surface area contributed by atoms with Crippen LogP contribution in [-0.4, -0.2) is 42.2 Å². The fourth-order valence-corrected chi connectivity index (χ4v) is 4.58. The number of rotatable bonds is 3. The Hall–Kier alpha value is -1.83. The zero-order valence-electron chi connectivity index (χ0n) is 13.9. The summed E-state index contributed by atoms with van der Waals surface area (Å²) in [4.78, 5) is 14.7. The number of anilines is 1. The summed E-state index contributed by atoms with van der Waals surface area (Å²) in [6.45, 7) is 1.71. The maximum Gasteiger partial charge on any atom is 0.241 e. The van der Waals surface area contributed by atoms with Gasteiger partial charge in [0.15, 0.2) is 11.0 Å². The first-order valence-corrected chi connectivity index (χ1v) is 9.50. The monoisotopic (exact) mass is 346 g/mol. The largest absolute Gasteiger partial charge is 0.306 e. The van der Waals surface area contributed by atoms with Crippen LogP contribution in [0.2, 0.25) is 0 Å². The van der Waals surface area contributed by atoms with Crippen LogP contribution in [0.1, 0.15) is 37.9 Å². The molecule has 2 aliphatic rings. The van der Waals surface area contributed by atoms with Crippen molar-refractivity contribution in [3.05, 3.63) is 18.1 Å². The van der Waals surface area contributed by atoms with Crippen molar-refractivity contribution in [1.82, 2.24) is 24.5 Å². The van der Waals surface area contributed by atoms with Gasteiger partial charge in [0.05, 0.1) is 5.25 Å². The second kappa shape index (κ2) is 6.58. The average molecular weight is 346 g/mol. The molecule has 24 heavy (non-hydrogen) atoms. The van der Waals surface area contributed by atoms with Crippen molar-refractivity contribution in [3.63, 3.8) is 0 Å². The quantitative estimate of drug-likeness (QED) is 0.850. The molecule has 4 rings (SSSR count). The normalized spacial score (nSPS) is 21.6. The first-order chi connectivity index (χ1) is 11.7. The number of fused-ring (bicyclic) bond motifs is 1. The van der Waals surface area contributed by atoms with Crippen LogP contribution in [0.25, 0.3) is 0 Å². The first-order valence-electron chi connectivity index (χ1n) is 8.62. The molecule has 128 valence electrons. The van der Waals surface area contributed by atoms with Crippen molar-refractivity contribution in [2.24, 2.45) is 7.05 Å². The molecule has 0 spiro atoms. The minimum atomic E-state index is -0.0997. The summed E-state index contributed by atoms with van der Waals surface area (Å²) >= 11 is 1.57. The summed E-state index contributed by atoms with van der Waals surface area (Å²) in [6.07, 6.45) is 8.32. The molecule has 4 heterocycles. The molecule has 0 saturated carbocycles. The van der Waals surface area contributed by atoms with Gasteiger partial charge in [-0.2, -0.15) is 5.10 Å². The molecule has 1 amide bonds. The highest BCUT2D eigenvalue weighted by molar-refractivity contribution is 8.00. The van der Waals surface area contributed by atoms with Gasteiger partial charge in [0, 0.05) is 38.8 Å². The van der Waals surface area contributed by atoms with Gasteiger partial charge >= 0.3 is 0 Å². The van der Waals surface area contributed by atoms with E-state index < -0.39 is 0 Å². The standard InChI is InChI=1S/C16H22N6OS/c1-20-11-8-14(19-20)21-10-5-6-12(15(21)23)24-16-18-17-13-7-3-2-4-9-22(13)16/h8,11-12H,2-7,9-10H2,1H3/t12-/m1/s1. The van der Waals surface area contributed by atoms with Gasteiger partial charge in [-0.15, -0.1) is 10.2 Å². The number of hydrogen-bond donors (Lipinski definition) is 0. The molecule has 7 nitrogen and oxygen atoms in total. The Labute approximate surface area is 145 Å². The summed E-state index contributed by atoms with van der Waals surface area (Å²) in [6, 6.07) is 1.90. The number of aromatic nitrogens is 5. The Kier molecular flexibility index (Phi) is 4.30. The molecule has 0 unspecified atom stereocenters. The van der Waals surface area contributed by atoms with E-state index in [4.69, 9.17) is 0 Å². The third kappa shape index (κ3) is 2.94. The van der Waals surface area contributed by atoms with Gasteiger partial charge in [-0.25, -0.2) is 0 Å². The Morgan fingerprint density at radius 1 is 1.17 bits per heavy atom. The number of piperidine rings is 1. The van der Waals surface area contributed by atoms with Gasteiger partial charge in [-0.3, -0.25) is 14.4 Å².